The first-order valence-electron chi connectivity index (χ1n) is 6.46. The van der Waals surface area contributed by atoms with Gasteiger partial charge in [0.05, 0.1) is 6.61 Å². The monoisotopic (exact) mass is 267 g/mol. The smallest absolute Gasteiger partial charge is 0.248 e. The Labute approximate surface area is 111 Å². The van der Waals surface area contributed by atoms with Crippen LogP contribution in [-0.4, -0.2) is 42.2 Å². The fourth-order valence-corrected chi connectivity index (χ4v) is 2.27. The van der Waals surface area contributed by atoms with E-state index in [1.807, 2.05) is 0 Å². The number of aliphatic hydroxyl groups is 1. The summed E-state index contributed by atoms with van der Waals surface area (Å²) in [5.41, 5.74) is 0. The standard InChI is InChI=1S/C14H18FNO3/c15-12-3-5-13(6-4-12)19-10-11-2-1-7-16(8-11)14(18)9-17/h3-6,11,17H,1-2,7-10H2. The number of carbonyl (C=O) groups excluding carboxylic acids is 1. The quantitative estimate of drug-likeness (QED) is 0.898. The van der Waals surface area contributed by atoms with Crippen molar-refractivity contribution >= 4 is 5.91 Å². The number of hydrogen-bond acceptors (Lipinski definition) is 3. The molecule has 1 atom stereocenters. The molecule has 1 saturated heterocycles. The molecule has 1 N–H and O–H groups in total. The second-order valence-corrected chi connectivity index (χ2v) is 4.77. The number of likely N-dealkylation sites (tertiary alicyclic amines) is 1. The van der Waals surface area contributed by atoms with Crippen LogP contribution < -0.4 is 4.74 Å². The minimum atomic E-state index is -0.439. The third kappa shape index (κ3) is 3.92. The fourth-order valence-electron chi connectivity index (χ4n) is 2.27. The molecule has 4 nitrogen and oxygen atoms in total. The summed E-state index contributed by atoms with van der Waals surface area (Å²) in [5.74, 6) is 0.373. The third-order valence-corrected chi connectivity index (χ3v) is 3.31. The van der Waals surface area contributed by atoms with Crippen molar-refractivity contribution in [3.05, 3.63) is 30.1 Å². The molecular weight excluding hydrogens is 249 g/mol. The minimum absolute atomic E-state index is 0.230. The van der Waals surface area contributed by atoms with Gasteiger partial charge in [-0.15, -0.1) is 0 Å². The molecule has 1 unspecified atom stereocenters. The van der Waals surface area contributed by atoms with E-state index in [4.69, 9.17) is 9.84 Å². The van der Waals surface area contributed by atoms with Gasteiger partial charge in [-0.2, -0.15) is 0 Å². The molecule has 1 heterocycles. The van der Waals surface area contributed by atoms with Gasteiger partial charge in [-0.1, -0.05) is 0 Å². The number of nitrogens with zero attached hydrogens (tertiary/aromatic N) is 1. The molecule has 1 aromatic carbocycles. The molecule has 1 amide bonds. The Balaban J connectivity index is 1.82. The zero-order valence-electron chi connectivity index (χ0n) is 10.7. The van der Waals surface area contributed by atoms with Crippen LogP contribution in [0.4, 0.5) is 4.39 Å². The lowest BCUT2D eigenvalue weighted by atomic mass is 9.99. The van der Waals surface area contributed by atoms with E-state index in [2.05, 4.69) is 0 Å². The second-order valence-electron chi connectivity index (χ2n) is 4.77. The van der Waals surface area contributed by atoms with E-state index in [1.165, 1.54) is 12.1 Å². The van der Waals surface area contributed by atoms with Gasteiger partial charge in [0, 0.05) is 19.0 Å². The van der Waals surface area contributed by atoms with Gasteiger partial charge < -0.3 is 14.7 Å². The maximum Gasteiger partial charge on any atom is 0.248 e. The van der Waals surface area contributed by atoms with Crippen LogP contribution in [0.3, 0.4) is 0 Å². The first kappa shape index (κ1) is 13.8. The number of piperidine rings is 1. The number of benzene rings is 1. The summed E-state index contributed by atoms with van der Waals surface area (Å²) in [6.07, 6.45) is 1.92. The van der Waals surface area contributed by atoms with Crippen molar-refractivity contribution < 1.29 is 19.0 Å². The Morgan fingerprint density at radius 3 is 2.84 bits per heavy atom. The van der Waals surface area contributed by atoms with Crippen LogP contribution in [0.5, 0.6) is 5.75 Å². The molecular formula is C14H18FNO3. The SMILES string of the molecule is O=C(CO)N1CCCC(COc2ccc(F)cc2)C1. The topological polar surface area (TPSA) is 49.8 Å². The third-order valence-electron chi connectivity index (χ3n) is 3.31. The number of carbonyl (C=O) groups is 1. The summed E-state index contributed by atoms with van der Waals surface area (Å²) in [6, 6.07) is 5.90. The highest BCUT2D eigenvalue weighted by Crippen LogP contribution is 2.19. The van der Waals surface area contributed by atoms with Crippen LogP contribution in [-0.2, 0) is 4.79 Å². The highest BCUT2D eigenvalue weighted by Gasteiger charge is 2.23. The lowest BCUT2D eigenvalue weighted by Gasteiger charge is -2.32. The highest BCUT2D eigenvalue weighted by atomic mass is 19.1. The molecule has 104 valence electrons. The molecule has 1 fully saturated rings. The molecule has 1 aromatic rings. The van der Waals surface area contributed by atoms with Gasteiger partial charge in [-0.25, -0.2) is 4.39 Å². The molecule has 0 radical (unpaired) electrons. The van der Waals surface area contributed by atoms with Crippen molar-refractivity contribution in [3.8, 4) is 5.75 Å². The first-order valence-corrected chi connectivity index (χ1v) is 6.46. The van der Waals surface area contributed by atoms with Crippen molar-refractivity contribution in [1.29, 1.82) is 0 Å². The lowest BCUT2D eigenvalue weighted by Crippen LogP contribution is -2.42. The van der Waals surface area contributed by atoms with Gasteiger partial charge in [0.1, 0.15) is 18.2 Å². The van der Waals surface area contributed by atoms with E-state index < -0.39 is 6.61 Å². The molecule has 1 aliphatic heterocycles. The van der Waals surface area contributed by atoms with Crippen molar-refractivity contribution in [2.24, 2.45) is 5.92 Å². The minimum Gasteiger partial charge on any atom is -0.493 e. The highest BCUT2D eigenvalue weighted by molar-refractivity contribution is 5.77. The van der Waals surface area contributed by atoms with Gasteiger partial charge in [0.15, 0.2) is 0 Å². The lowest BCUT2D eigenvalue weighted by molar-refractivity contribution is -0.136. The van der Waals surface area contributed by atoms with E-state index >= 15 is 0 Å². The average molecular weight is 267 g/mol. The Hall–Kier alpha value is -1.62. The zero-order chi connectivity index (χ0) is 13.7. The van der Waals surface area contributed by atoms with Crippen LogP contribution in [0.1, 0.15) is 12.8 Å². The van der Waals surface area contributed by atoms with Crippen molar-refractivity contribution in [1.82, 2.24) is 4.90 Å². The predicted molar refractivity (Wildman–Crippen MR) is 68.3 cm³/mol. The number of halogens is 1. The summed E-state index contributed by atoms with van der Waals surface area (Å²) in [7, 11) is 0. The number of hydrogen-bond donors (Lipinski definition) is 1. The molecule has 2 rings (SSSR count). The maximum atomic E-state index is 12.7. The fraction of sp³-hybridized carbons (Fsp3) is 0.500. The van der Waals surface area contributed by atoms with Gasteiger partial charge >= 0.3 is 0 Å². The van der Waals surface area contributed by atoms with Crippen LogP contribution in [0.2, 0.25) is 0 Å². The van der Waals surface area contributed by atoms with Crippen molar-refractivity contribution in [2.75, 3.05) is 26.3 Å². The van der Waals surface area contributed by atoms with Gasteiger partial charge in [-0.3, -0.25) is 4.79 Å². The Morgan fingerprint density at radius 1 is 1.42 bits per heavy atom. The van der Waals surface area contributed by atoms with Crippen LogP contribution in [0.25, 0.3) is 0 Å². The van der Waals surface area contributed by atoms with E-state index in [1.54, 1.807) is 17.0 Å². The summed E-state index contributed by atoms with van der Waals surface area (Å²) >= 11 is 0. The molecule has 0 aromatic heterocycles. The molecule has 1 aliphatic rings. The average Bonchev–Trinajstić information content (AvgIpc) is 2.46. The normalized spacial score (nSPS) is 19.3. The summed E-state index contributed by atoms with van der Waals surface area (Å²) in [6.45, 7) is 1.37. The maximum absolute atomic E-state index is 12.7. The van der Waals surface area contributed by atoms with Crippen LogP contribution >= 0.6 is 0 Å². The largest absolute Gasteiger partial charge is 0.493 e. The van der Waals surface area contributed by atoms with Crippen molar-refractivity contribution in [3.63, 3.8) is 0 Å². The first-order chi connectivity index (χ1) is 9.19. The Kier molecular flexibility index (Phi) is 4.74. The predicted octanol–water partition coefficient (Wildman–Crippen LogP) is 1.44. The van der Waals surface area contributed by atoms with Gasteiger partial charge in [0.25, 0.3) is 0 Å². The second kappa shape index (κ2) is 6.52. The molecule has 19 heavy (non-hydrogen) atoms. The number of rotatable bonds is 4. The number of aliphatic hydroxyl groups excluding tert-OH is 1. The number of amides is 1. The van der Waals surface area contributed by atoms with Gasteiger partial charge in [-0.05, 0) is 37.1 Å². The molecule has 5 heteroatoms. The summed E-state index contributed by atoms with van der Waals surface area (Å²) in [5, 5.41) is 8.85. The number of ether oxygens (including phenoxy) is 1. The summed E-state index contributed by atoms with van der Waals surface area (Å²) < 4.78 is 18.3. The molecule has 0 aliphatic carbocycles. The van der Waals surface area contributed by atoms with Crippen LogP contribution in [0, 0.1) is 11.7 Å². The van der Waals surface area contributed by atoms with E-state index in [0.717, 1.165) is 12.8 Å². The van der Waals surface area contributed by atoms with Crippen LogP contribution in [0.15, 0.2) is 24.3 Å². The van der Waals surface area contributed by atoms with E-state index in [0.29, 0.717) is 25.4 Å². The molecule has 0 saturated carbocycles. The molecule has 0 bridgehead atoms. The van der Waals surface area contributed by atoms with Gasteiger partial charge in [0.2, 0.25) is 5.91 Å². The molecule has 0 spiro atoms. The Bertz CT molecular complexity index is 421. The summed E-state index contributed by atoms with van der Waals surface area (Å²) in [4.78, 5) is 13.1. The van der Waals surface area contributed by atoms with Crippen molar-refractivity contribution in [2.45, 2.75) is 12.8 Å². The van der Waals surface area contributed by atoms with E-state index in [9.17, 15) is 9.18 Å². The van der Waals surface area contributed by atoms with E-state index in [-0.39, 0.29) is 17.6 Å². The Morgan fingerprint density at radius 2 is 2.16 bits per heavy atom. The zero-order valence-corrected chi connectivity index (χ0v) is 10.7.